The van der Waals surface area contributed by atoms with Crippen molar-refractivity contribution >= 4 is 16.9 Å². The van der Waals surface area contributed by atoms with Crippen LogP contribution in [-0.2, 0) is 11.2 Å². The first-order chi connectivity index (χ1) is 10.5. The second kappa shape index (κ2) is 5.49. The molecule has 4 heteroatoms. The van der Waals surface area contributed by atoms with Gasteiger partial charge in [-0.2, -0.15) is 5.26 Å². The van der Waals surface area contributed by atoms with E-state index in [1.807, 2.05) is 13.0 Å². The van der Waals surface area contributed by atoms with E-state index in [1.165, 1.54) is 11.1 Å². The number of nitriles is 1. The first-order valence-electron chi connectivity index (χ1n) is 7.73. The standard InChI is InChI=1S/C18H20N2O2/c1-12-7-15-14(10-22-16(15)8-13(12)2)9-17(21)20-18(11-19)5-3-4-6-18/h7-8,10H,3-6,9H2,1-2H3,(H,20,21). The zero-order chi connectivity index (χ0) is 15.7. The number of fused-ring (bicyclic) bond motifs is 1. The summed E-state index contributed by atoms with van der Waals surface area (Å²) in [5, 5.41) is 13.3. The predicted octanol–water partition coefficient (Wildman–Crippen LogP) is 3.54. The SMILES string of the molecule is Cc1cc2occ(CC(=O)NC3(C#N)CCCC3)c2cc1C. The van der Waals surface area contributed by atoms with Crippen molar-refractivity contribution in [3.63, 3.8) is 0 Å². The molecule has 2 aromatic rings. The van der Waals surface area contributed by atoms with E-state index in [0.717, 1.165) is 42.2 Å². The number of hydrogen-bond acceptors (Lipinski definition) is 3. The molecule has 22 heavy (non-hydrogen) atoms. The monoisotopic (exact) mass is 296 g/mol. The fourth-order valence-corrected chi connectivity index (χ4v) is 3.20. The van der Waals surface area contributed by atoms with Crippen LogP contribution in [0.3, 0.4) is 0 Å². The minimum Gasteiger partial charge on any atom is -0.464 e. The van der Waals surface area contributed by atoms with E-state index >= 15 is 0 Å². The molecule has 114 valence electrons. The summed E-state index contributed by atoms with van der Waals surface area (Å²) < 4.78 is 5.56. The molecular formula is C18H20N2O2. The van der Waals surface area contributed by atoms with Gasteiger partial charge < -0.3 is 9.73 Å². The maximum atomic E-state index is 12.3. The minimum absolute atomic E-state index is 0.107. The summed E-state index contributed by atoms with van der Waals surface area (Å²) in [5.41, 5.74) is 3.37. The van der Waals surface area contributed by atoms with Crippen LogP contribution < -0.4 is 5.32 Å². The number of benzene rings is 1. The molecule has 0 radical (unpaired) electrons. The van der Waals surface area contributed by atoms with E-state index in [2.05, 4.69) is 24.4 Å². The number of nitrogens with zero attached hydrogens (tertiary/aromatic N) is 1. The van der Waals surface area contributed by atoms with Crippen molar-refractivity contribution in [3.05, 3.63) is 35.1 Å². The van der Waals surface area contributed by atoms with Gasteiger partial charge in [-0.1, -0.05) is 0 Å². The summed E-state index contributed by atoms with van der Waals surface area (Å²) in [5.74, 6) is -0.107. The Balaban J connectivity index is 1.80. The molecule has 0 unspecified atom stereocenters. The van der Waals surface area contributed by atoms with Gasteiger partial charge in [-0.25, -0.2) is 0 Å². The van der Waals surface area contributed by atoms with Gasteiger partial charge in [0.15, 0.2) is 0 Å². The van der Waals surface area contributed by atoms with Gasteiger partial charge >= 0.3 is 0 Å². The highest BCUT2D eigenvalue weighted by atomic mass is 16.3. The average Bonchev–Trinajstić information content (AvgIpc) is 3.09. The van der Waals surface area contributed by atoms with E-state index in [-0.39, 0.29) is 12.3 Å². The highest BCUT2D eigenvalue weighted by Crippen LogP contribution is 2.29. The zero-order valence-electron chi connectivity index (χ0n) is 13.0. The third kappa shape index (κ3) is 2.59. The second-order valence-electron chi connectivity index (χ2n) is 6.32. The number of furan rings is 1. The average molecular weight is 296 g/mol. The number of aryl methyl sites for hydroxylation is 2. The minimum atomic E-state index is -0.664. The molecular weight excluding hydrogens is 276 g/mol. The van der Waals surface area contributed by atoms with Crippen LogP contribution in [0.25, 0.3) is 11.0 Å². The molecule has 1 aromatic heterocycles. The first-order valence-corrected chi connectivity index (χ1v) is 7.73. The van der Waals surface area contributed by atoms with Gasteiger partial charge in [0.05, 0.1) is 18.8 Å². The van der Waals surface area contributed by atoms with E-state index < -0.39 is 5.54 Å². The lowest BCUT2D eigenvalue weighted by atomic mass is 9.99. The molecule has 0 aliphatic heterocycles. The van der Waals surface area contributed by atoms with Gasteiger partial charge in [-0.15, -0.1) is 0 Å². The van der Waals surface area contributed by atoms with Crippen molar-refractivity contribution in [2.24, 2.45) is 0 Å². The van der Waals surface area contributed by atoms with Crippen molar-refractivity contribution in [1.82, 2.24) is 5.32 Å². The van der Waals surface area contributed by atoms with Crippen molar-refractivity contribution in [3.8, 4) is 6.07 Å². The van der Waals surface area contributed by atoms with Crippen LogP contribution in [0.4, 0.5) is 0 Å². The smallest absolute Gasteiger partial charge is 0.225 e. The number of amides is 1. The maximum absolute atomic E-state index is 12.3. The third-order valence-corrected chi connectivity index (χ3v) is 4.67. The Labute approximate surface area is 130 Å². The van der Waals surface area contributed by atoms with E-state index in [1.54, 1.807) is 6.26 Å². The number of nitrogens with one attached hydrogen (secondary N) is 1. The zero-order valence-corrected chi connectivity index (χ0v) is 13.0. The Hall–Kier alpha value is -2.28. The lowest BCUT2D eigenvalue weighted by Gasteiger charge is -2.21. The van der Waals surface area contributed by atoms with Crippen molar-refractivity contribution in [1.29, 1.82) is 5.26 Å². The van der Waals surface area contributed by atoms with Crippen LogP contribution in [0.1, 0.15) is 42.4 Å². The van der Waals surface area contributed by atoms with Crippen molar-refractivity contribution < 1.29 is 9.21 Å². The molecule has 0 saturated heterocycles. The molecule has 1 aliphatic carbocycles. The largest absolute Gasteiger partial charge is 0.464 e. The number of hydrogen-bond donors (Lipinski definition) is 1. The van der Waals surface area contributed by atoms with Gasteiger partial charge in [-0.3, -0.25) is 4.79 Å². The fourth-order valence-electron chi connectivity index (χ4n) is 3.20. The van der Waals surface area contributed by atoms with E-state index in [4.69, 9.17) is 4.42 Å². The van der Waals surface area contributed by atoms with Crippen LogP contribution in [0.2, 0.25) is 0 Å². The fraction of sp³-hybridized carbons (Fsp3) is 0.444. The quantitative estimate of drug-likeness (QED) is 0.942. The molecule has 4 nitrogen and oxygen atoms in total. The van der Waals surface area contributed by atoms with Crippen LogP contribution in [-0.4, -0.2) is 11.4 Å². The summed E-state index contributed by atoms with van der Waals surface area (Å²) in [6, 6.07) is 6.35. The summed E-state index contributed by atoms with van der Waals surface area (Å²) in [7, 11) is 0. The normalized spacial score (nSPS) is 16.6. The molecule has 0 atom stereocenters. The molecule has 0 spiro atoms. The lowest BCUT2D eigenvalue weighted by Crippen LogP contribution is -2.45. The molecule has 1 saturated carbocycles. The molecule has 1 fully saturated rings. The first kappa shape index (κ1) is 14.6. The number of rotatable bonds is 3. The van der Waals surface area contributed by atoms with E-state index in [0.29, 0.717) is 0 Å². The molecule has 1 N–H and O–H groups in total. The molecule has 1 amide bonds. The number of carbonyl (C=O) groups is 1. The maximum Gasteiger partial charge on any atom is 0.225 e. The van der Waals surface area contributed by atoms with Gasteiger partial charge in [0.1, 0.15) is 11.1 Å². The van der Waals surface area contributed by atoms with Crippen LogP contribution in [0.5, 0.6) is 0 Å². The Bertz CT molecular complexity index is 761. The Morgan fingerprint density at radius 3 is 2.68 bits per heavy atom. The van der Waals surface area contributed by atoms with Gasteiger partial charge in [0, 0.05) is 10.9 Å². The topological polar surface area (TPSA) is 66.0 Å². The summed E-state index contributed by atoms with van der Waals surface area (Å²) >= 11 is 0. The Morgan fingerprint density at radius 1 is 1.32 bits per heavy atom. The van der Waals surface area contributed by atoms with Crippen molar-refractivity contribution in [2.45, 2.75) is 51.5 Å². The summed E-state index contributed by atoms with van der Waals surface area (Å²) in [4.78, 5) is 12.3. The lowest BCUT2D eigenvalue weighted by molar-refractivity contribution is -0.121. The second-order valence-corrected chi connectivity index (χ2v) is 6.32. The third-order valence-electron chi connectivity index (χ3n) is 4.67. The van der Waals surface area contributed by atoms with Crippen molar-refractivity contribution in [2.75, 3.05) is 0 Å². The van der Waals surface area contributed by atoms with Crippen LogP contribution in [0, 0.1) is 25.2 Å². The van der Waals surface area contributed by atoms with Gasteiger partial charge in [0.25, 0.3) is 0 Å². The summed E-state index contributed by atoms with van der Waals surface area (Å²) in [6.45, 7) is 4.09. The molecule has 1 heterocycles. The van der Waals surface area contributed by atoms with Crippen LogP contribution >= 0.6 is 0 Å². The van der Waals surface area contributed by atoms with E-state index in [9.17, 15) is 10.1 Å². The Kier molecular flexibility index (Phi) is 3.66. The molecule has 1 aliphatic rings. The van der Waals surface area contributed by atoms with Gasteiger partial charge in [0.2, 0.25) is 5.91 Å². The molecule has 3 rings (SSSR count). The molecule has 0 bridgehead atoms. The van der Waals surface area contributed by atoms with Crippen LogP contribution in [0.15, 0.2) is 22.8 Å². The molecule has 1 aromatic carbocycles. The highest BCUT2D eigenvalue weighted by molar-refractivity contribution is 5.88. The summed E-state index contributed by atoms with van der Waals surface area (Å²) in [6.07, 6.45) is 5.40. The number of carbonyl (C=O) groups excluding carboxylic acids is 1. The Morgan fingerprint density at radius 2 is 2.00 bits per heavy atom. The van der Waals surface area contributed by atoms with Gasteiger partial charge in [-0.05, 0) is 62.8 Å². The highest BCUT2D eigenvalue weighted by Gasteiger charge is 2.35. The predicted molar refractivity (Wildman–Crippen MR) is 84.3 cm³/mol.